The molecule has 0 saturated carbocycles. The largest absolute Gasteiger partial charge is 0.415 e. The third-order valence-electron chi connectivity index (χ3n) is 6.03. The average Bonchev–Trinajstić information content (AvgIpc) is 3.53. The summed E-state index contributed by atoms with van der Waals surface area (Å²) in [5, 5.41) is 6.97. The first kappa shape index (κ1) is 25.7. The Hall–Kier alpha value is -3.98. The summed E-state index contributed by atoms with van der Waals surface area (Å²) in [6, 6.07) is 8.32. The maximum Gasteiger partial charge on any atom is 0.324 e. The summed E-state index contributed by atoms with van der Waals surface area (Å²) in [7, 11) is -3.38. The highest BCUT2D eigenvalue weighted by Gasteiger charge is 2.30. The highest BCUT2D eigenvalue weighted by molar-refractivity contribution is 7.88. The Morgan fingerprint density at radius 3 is 2.55 bits per heavy atom. The topological polar surface area (TPSA) is 117 Å². The Labute approximate surface area is 215 Å². The lowest BCUT2D eigenvalue weighted by Gasteiger charge is -2.36. The number of sulfonamides is 1. The van der Waals surface area contributed by atoms with E-state index >= 15 is 0 Å². The number of carbonyl (C=O) groups is 1. The highest BCUT2D eigenvalue weighted by atomic mass is 32.2. The second-order valence-electron chi connectivity index (χ2n) is 8.66. The first-order valence-corrected chi connectivity index (χ1v) is 13.3. The number of alkyl halides is 2. The van der Waals surface area contributed by atoms with Gasteiger partial charge in [-0.3, -0.25) is 4.90 Å². The van der Waals surface area contributed by atoms with Crippen molar-refractivity contribution in [2.75, 3.05) is 37.3 Å². The highest BCUT2D eigenvalue weighted by Crippen LogP contribution is 2.25. The number of hydrogen-bond acceptors (Lipinski definition) is 7. The van der Waals surface area contributed by atoms with Crippen LogP contribution in [0.4, 0.5) is 23.7 Å². The van der Waals surface area contributed by atoms with Crippen LogP contribution in [0.2, 0.25) is 0 Å². The van der Waals surface area contributed by atoms with E-state index in [0.29, 0.717) is 22.6 Å². The molecule has 15 heteroatoms. The number of rotatable bonds is 6. The zero-order valence-electron chi connectivity index (χ0n) is 20.0. The number of halogens is 3. The van der Waals surface area contributed by atoms with Gasteiger partial charge in [-0.2, -0.15) is 13.1 Å². The molecular weight excluding hydrogens is 527 g/mol. The number of urea groups is 1. The van der Waals surface area contributed by atoms with E-state index in [4.69, 9.17) is 4.42 Å². The molecule has 11 nitrogen and oxygen atoms in total. The summed E-state index contributed by atoms with van der Waals surface area (Å²) >= 11 is 0. The van der Waals surface area contributed by atoms with Crippen molar-refractivity contribution in [3.05, 3.63) is 66.2 Å². The van der Waals surface area contributed by atoms with Crippen LogP contribution in [0.25, 0.3) is 17.1 Å². The maximum absolute atomic E-state index is 14.1. The zero-order chi connectivity index (χ0) is 27.0. The SMILES string of the molecule is CS(=O)(=O)N1CCN(C(=O)N(Cc2cn3ccc(-c4nnc(C(F)F)o4)cc3n2)c2cccc(F)c2)CC1. The number of piperazine rings is 1. The Bertz CT molecular complexity index is 1580. The van der Waals surface area contributed by atoms with E-state index in [0.717, 1.165) is 6.26 Å². The first-order chi connectivity index (χ1) is 18.1. The van der Waals surface area contributed by atoms with E-state index in [2.05, 4.69) is 15.2 Å². The molecule has 38 heavy (non-hydrogen) atoms. The van der Waals surface area contributed by atoms with Crippen LogP contribution in [-0.4, -0.2) is 75.7 Å². The van der Waals surface area contributed by atoms with Gasteiger partial charge in [0.25, 0.3) is 5.89 Å². The summed E-state index contributed by atoms with van der Waals surface area (Å²) in [6.45, 7) is 0.652. The smallest absolute Gasteiger partial charge is 0.324 e. The van der Waals surface area contributed by atoms with E-state index in [9.17, 15) is 26.4 Å². The molecule has 4 heterocycles. The lowest BCUT2D eigenvalue weighted by atomic mass is 10.2. The summed E-state index contributed by atoms with van der Waals surface area (Å²) in [6.07, 6.45) is 1.54. The number of benzene rings is 1. The molecule has 0 spiro atoms. The Kier molecular flexibility index (Phi) is 6.79. The van der Waals surface area contributed by atoms with Gasteiger partial charge in [-0.25, -0.2) is 22.6 Å². The molecule has 5 rings (SSSR count). The Morgan fingerprint density at radius 1 is 1.13 bits per heavy atom. The van der Waals surface area contributed by atoms with Crippen molar-refractivity contribution in [2.24, 2.45) is 0 Å². The predicted octanol–water partition coefficient (Wildman–Crippen LogP) is 3.16. The quantitative estimate of drug-likeness (QED) is 0.363. The summed E-state index contributed by atoms with van der Waals surface area (Å²) < 4.78 is 71.3. The molecule has 1 aliphatic heterocycles. The van der Waals surface area contributed by atoms with Crippen molar-refractivity contribution < 1.29 is 30.8 Å². The molecule has 0 radical (unpaired) electrons. The molecule has 0 atom stereocenters. The molecule has 1 aromatic carbocycles. The molecule has 0 aliphatic carbocycles. The zero-order valence-corrected chi connectivity index (χ0v) is 20.9. The van der Waals surface area contributed by atoms with E-state index in [-0.39, 0.29) is 38.6 Å². The van der Waals surface area contributed by atoms with E-state index in [1.54, 1.807) is 35.0 Å². The number of hydrogen-bond donors (Lipinski definition) is 0. The minimum atomic E-state index is -3.38. The number of amides is 2. The molecular formula is C23H22F3N7O4S. The van der Waals surface area contributed by atoms with Gasteiger partial charge in [0, 0.05) is 49.8 Å². The van der Waals surface area contributed by atoms with Crippen LogP contribution in [0, 0.1) is 5.82 Å². The van der Waals surface area contributed by atoms with Crippen molar-refractivity contribution in [1.82, 2.24) is 28.8 Å². The van der Waals surface area contributed by atoms with E-state index in [1.165, 1.54) is 32.3 Å². The first-order valence-electron chi connectivity index (χ1n) is 11.4. The lowest BCUT2D eigenvalue weighted by Crippen LogP contribution is -2.53. The molecule has 0 bridgehead atoms. The third kappa shape index (κ3) is 5.33. The van der Waals surface area contributed by atoms with Crippen LogP contribution in [0.5, 0.6) is 0 Å². The van der Waals surface area contributed by atoms with Crippen LogP contribution in [0.1, 0.15) is 18.0 Å². The van der Waals surface area contributed by atoms with Gasteiger partial charge in [-0.15, -0.1) is 10.2 Å². The Balaban J connectivity index is 1.41. The van der Waals surface area contributed by atoms with Crippen molar-refractivity contribution in [3.8, 4) is 11.5 Å². The number of aromatic nitrogens is 4. The number of nitrogens with zero attached hydrogens (tertiary/aromatic N) is 7. The summed E-state index contributed by atoms with van der Waals surface area (Å²) in [5.74, 6) is -1.40. The summed E-state index contributed by atoms with van der Waals surface area (Å²) in [5.41, 5.74) is 1.59. The lowest BCUT2D eigenvalue weighted by molar-refractivity contribution is 0.116. The van der Waals surface area contributed by atoms with Gasteiger partial charge in [-0.1, -0.05) is 6.07 Å². The molecule has 1 saturated heterocycles. The fourth-order valence-corrected chi connectivity index (χ4v) is 4.97. The number of pyridine rings is 1. The van der Waals surface area contributed by atoms with Crippen LogP contribution in [0.3, 0.4) is 0 Å². The van der Waals surface area contributed by atoms with Gasteiger partial charge in [0.15, 0.2) is 0 Å². The molecule has 1 fully saturated rings. The van der Waals surface area contributed by atoms with Crippen molar-refractivity contribution in [2.45, 2.75) is 13.0 Å². The summed E-state index contributed by atoms with van der Waals surface area (Å²) in [4.78, 5) is 20.9. The number of imidazole rings is 1. The van der Waals surface area contributed by atoms with Gasteiger partial charge >= 0.3 is 12.5 Å². The van der Waals surface area contributed by atoms with Crippen molar-refractivity contribution in [1.29, 1.82) is 0 Å². The van der Waals surface area contributed by atoms with E-state index in [1.807, 2.05) is 0 Å². The van der Waals surface area contributed by atoms with Gasteiger partial charge in [-0.05, 0) is 30.3 Å². The second kappa shape index (κ2) is 10.1. The molecule has 200 valence electrons. The van der Waals surface area contributed by atoms with Crippen molar-refractivity contribution >= 4 is 27.4 Å². The standard InChI is InChI=1S/C23H22F3N7O4S/c1-38(35,36)32-9-7-30(8-10-32)23(34)33(18-4-2-3-16(24)12-18)14-17-13-31-6-5-15(11-19(31)27-17)21-28-29-22(37-21)20(25)26/h2-6,11-13,20H,7-10,14H2,1H3. The van der Waals surface area contributed by atoms with Gasteiger partial charge in [0.05, 0.1) is 18.5 Å². The van der Waals surface area contributed by atoms with Crippen LogP contribution in [0.15, 0.2) is 53.2 Å². The fraction of sp³-hybridized carbons (Fsp3) is 0.304. The Morgan fingerprint density at radius 2 is 1.89 bits per heavy atom. The minimum absolute atomic E-state index is 0.0122. The molecule has 3 aromatic heterocycles. The minimum Gasteiger partial charge on any atom is -0.415 e. The molecule has 2 amide bonds. The molecule has 1 aliphatic rings. The van der Waals surface area contributed by atoms with E-state index < -0.39 is 34.2 Å². The maximum atomic E-state index is 14.1. The fourth-order valence-electron chi connectivity index (χ4n) is 4.14. The monoisotopic (exact) mass is 549 g/mol. The number of carbonyl (C=O) groups excluding carboxylic acids is 1. The van der Waals surface area contributed by atoms with Crippen LogP contribution in [-0.2, 0) is 16.6 Å². The second-order valence-corrected chi connectivity index (χ2v) is 10.6. The van der Waals surface area contributed by atoms with Crippen molar-refractivity contribution in [3.63, 3.8) is 0 Å². The van der Waals surface area contributed by atoms with Crippen LogP contribution >= 0.6 is 0 Å². The third-order valence-corrected chi connectivity index (χ3v) is 7.34. The van der Waals surface area contributed by atoms with Gasteiger partial charge < -0.3 is 13.7 Å². The van der Waals surface area contributed by atoms with Gasteiger partial charge in [0.2, 0.25) is 15.9 Å². The molecule has 0 unspecified atom stereocenters. The average molecular weight is 550 g/mol. The predicted molar refractivity (Wildman–Crippen MR) is 129 cm³/mol. The molecule has 4 aromatic rings. The molecule has 0 N–H and O–H groups in total. The van der Waals surface area contributed by atoms with Crippen LogP contribution < -0.4 is 4.90 Å². The van der Waals surface area contributed by atoms with Gasteiger partial charge in [0.1, 0.15) is 11.5 Å². The number of fused-ring (bicyclic) bond motifs is 1. The normalized spacial score (nSPS) is 14.9. The number of anilines is 1.